The van der Waals surface area contributed by atoms with E-state index in [1.165, 1.54) is 30.3 Å². The molecule has 102 valence electrons. The molecule has 7 heteroatoms. The third-order valence-electron chi connectivity index (χ3n) is 2.42. The lowest BCUT2D eigenvalue weighted by Gasteiger charge is -2.06. The minimum Gasteiger partial charge on any atom is -0.477 e. The molecular formula is C13H8BrFN2O3. The van der Waals surface area contributed by atoms with E-state index in [9.17, 15) is 14.0 Å². The topological polar surface area (TPSA) is 79.3 Å². The van der Waals surface area contributed by atoms with Gasteiger partial charge in [0.1, 0.15) is 11.5 Å². The molecule has 0 radical (unpaired) electrons. The number of benzene rings is 1. The zero-order valence-corrected chi connectivity index (χ0v) is 11.5. The Morgan fingerprint density at radius 2 is 2.00 bits per heavy atom. The molecule has 0 bridgehead atoms. The fourth-order valence-corrected chi connectivity index (χ4v) is 1.68. The van der Waals surface area contributed by atoms with Crippen molar-refractivity contribution in [2.24, 2.45) is 0 Å². The number of carbonyl (C=O) groups is 2. The Hall–Kier alpha value is -2.28. The molecule has 1 amide bonds. The first kappa shape index (κ1) is 14.1. The van der Waals surface area contributed by atoms with Crippen molar-refractivity contribution in [3.63, 3.8) is 0 Å². The largest absolute Gasteiger partial charge is 0.477 e. The van der Waals surface area contributed by atoms with Gasteiger partial charge >= 0.3 is 5.97 Å². The fourth-order valence-electron chi connectivity index (χ4n) is 1.43. The van der Waals surface area contributed by atoms with Crippen LogP contribution in [0.4, 0.5) is 10.1 Å². The maximum absolute atomic E-state index is 13.3. The highest BCUT2D eigenvalue weighted by molar-refractivity contribution is 9.10. The number of aromatic carboxylic acids is 1. The van der Waals surface area contributed by atoms with Crippen LogP contribution in [0.15, 0.2) is 41.0 Å². The summed E-state index contributed by atoms with van der Waals surface area (Å²) in [6.07, 6.45) is 1.15. The van der Waals surface area contributed by atoms with Crippen LogP contribution in [0, 0.1) is 5.82 Å². The highest BCUT2D eigenvalue weighted by Crippen LogP contribution is 2.19. The van der Waals surface area contributed by atoms with E-state index in [1.807, 2.05) is 0 Å². The number of nitrogens with zero attached hydrogens (tertiary/aromatic N) is 1. The molecule has 1 aromatic heterocycles. The van der Waals surface area contributed by atoms with Crippen LogP contribution >= 0.6 is 15.9 Å². The van der Waals surface area contributed by atoms with Crippen molar-refractivity contribution in [3.05, 3.63) is 58.1 Å². The van der Waals surface area contributed by atoms with Crippen molar-refractivity contribution in [1.29, 1.82) is 0 Å². The van der Waals surface area contributed by atoms with Crippen molar-refractivity contribution in [3.8, 4) is 0 Å². The van der Waals surface area contributed by atoms with Crippen LogP contribution < -0.4 is 5.32 Å². The second kappa shape index (κ2) is 5.79. The smallest absolute Gasteiger partial charge is 0.354 e. The van der Waals surface area contributed by atoms with Crippen molar-refractivity contribution in [2.75, 3.05) is 5.32 Å². The van der Waals surface area contributed by atoms with Gasteiger partial charge < -0.3 is 10.4 Å². The number of halogens is 2. The number of nitrogens with one attached hydrogen (secondary N) is 1. The predicted octanol–water partition coefficient (Wildman–Crippen LogP) is 2.93. The monoisotopic (exact) mass is 338 g/mol. The molecule has 0 fully saturated rings. The number of hydrogen-bond donors (Lipinski definition) is 2. The average molecular weight is 339 g/mol. The van der Waals surface area contributed by atoms with Crippen LogP contribution in [-0.4, -0.2) is 22.0 Å². The van der Waals surface area contributed by atoms with Gasteiger partial charge in [0.05, 0.1) is 10.0 Å². The SMILES string of the molecule is O=C(Nc1ccc(Br)c(F)c1)c1ccc(C(=O)O)nc1. The van der Waals surface area contributed by atoms with Crippen LogP contribution in [0.3, 0.4) is 0 Å². The number of carboxylic acid groups (broad SMARTS) is 1. The molecule has 0 aliphatic carbocycles. The Kier molecular flexibility index (Phi) is 4.09. The number of pyridine rings is 1. The van der Waals surface area contributed by atoms with E-state index in [2.05, 4.69) is 26.2 Å². The zero-order valence-electron chi connectivity index (χ0n) is 9.93. The van der Waals surface area contributed by atoms with Gasteiger partial charge in [0.2, 0.25) is 0 Å². The Morgan fingerprint density at radius 3 is 2.55 bits per heavy atom. The molecule has 0 aliphatic rings. The molecule has 0 spiro atoms. The zero-order chi connectivity index (χ0) is 14.7. The fraction of sp³-hybridized carbons (Fsp3) is 0. The first-order chi connectivity index (χ1) is 9.47. The summed E-state index contributed by atoms with van der Waals surface area (Å²) in [7, 11) is 0. The molecule has 5 nitrogen and oxygen atoms in total. The molecule has 2 N–H and O–H groups in total. The van der Waals surface area contributed by atoms with Gasteiger partial charge in [-0.1, -0.05) is 0 Å². The molecule has 0 saturated heterocycles. The second-order valence-corrected chi connectivity index (χ2v) is 4.67. The quantitative estimate of drug-likeness (QED) is 0.901. The third-order valence-corrected chi connectivity index (χ3v) is 3.07. The number of anilines is 1. The maximum atomic E-state index is 13.3. The van der Waals surface area contributed by atoms with Gasteiger partial charge in [0.15, 0.2) is 0 Å². The van der Waals surface area contributed by atoms with Crippen LogP contribution in [0.25, 0.3) is 0 Å². The molecule has 0 aliphatic heterocycles. The molecule has 1 heterocycles. The lowest BCUT2D eigenvalue weighted by Crippen LogP contribution is -2.13. The van der Waals surface area contributed by atoms with Crippen molar-refractivity contribution in [2.45, 2.75) is 0 Å². The summed E-state index contributed by atoms with van der Waals surface area (Å²) in [5, 5.41) is 11.2. The highest BCUT2D eigenvalue weighted by atomic mass is 79.9. The minimum atomic E-state index is -1.17. The number of hydrogen-bond acceptors (Lipinski definition) is 3. The molecule has 0 unspecified atom stereocenters. The Morgan fingerprint density at radius 1 is 1.25 bits per heavy atom. The van der Waals surface area contributed by atoms with E-state index in [4.69, 9.17) is 5.11 Å². The summed E-state index contributed by atoms with van der Waals surface area (Å²) in [5.74, 6) is -2.18. The maximum Gasteiger partial charge on any atom is 0.354 e. The van der Waals surface area contributed by atoms with E-state index in [1.54, 1.807) is 0 Å². The molecule has 20 heavy (non-hydrogen) atoms. The summed E-state index contributed by atoms with van der Waals surface area (Å²) in [6, 6.07) is 6.72. The van der Waals surface area contributed by atoms with E-state index in [-0.39, 0.29) is 16.9 Å². The van der Waals surface area contributed by atoms with Crippen molar-refractivity contribution >= 4 is 33.5 Å². The van der Waals surface area contributed by atoms with Crippen LogP contribution in [0.1, 0.15) is 20.8 Å². The summed E-state index contributed by atoms with van der Waals surface area (Å²) < 4.78 is 13.6. The number of carboxylic acids is 1. The lowest BCUT2D eigenvalue weighted by molar-refractivity contribution is 0.0690. The van der Waals surface area contributed by atoms with Gasteiger partial charge in [-0.2, -0.15) is 0 Å². The van der Waals surface area contributed by atoms with E-state index in [0.717, 1.165) is 6.20 Å². The lowest BCUT2D eigenvalue weighted by atomic mass is 10.2. The predicted molar refractivity (Wildman–Crippen MR) is 73.2 cm³/mol. The summed E-state index contributed by atoms with van der Waals surface area (Å²) >= 11 is 3.01. The molecule has 1 aromatic carbocycles. The van der Waals surface area contributed by atoms with Crippen LogP contribution in [0.2, 0.25) is 0 Å². The summed E-state index contributed by atoms with van der Waals surface area (Å²) in [6.45, 7) is 0. The van der Waals surface area contributed by atoms with E-state index in [0.29, 0.717) is 4.47 Å². The number of carbonyl (C=O) groups excluding carboxylic acids is 1. The summed E-state index contributed by atoms with van der Waals surface area (Å²) in [5.41, 5.74) is 0.313. The van der Waals surface area contributed by atoms with Crippen LogP contribution in [0.5, 0.6) is 0 Å². The first-order valence-electron chi connectivity index (χ1n) is 5.43. The normalized spacial score (nSPS) is 10.1. The molecule has 2 aromatic rings. The van der Waals surface area contributed by atoms with E-state index >= 15 is 0 Å². The molecule has 0 saturated carbocycles. The van der Waals surface area contributed by atoms with Crippen molar-refractivity contribution < 1.29 is 19.1 Å². The second-order valence-electron chi connectivity index (χ2n) is 3.82. The van der Waals surface area contributed by atoms with Gasteiger partial charge in [-0.25, -0.2) is 14.2 Å². The van der Waals surface area contributed by atoms with Gasteiger partial charge in [-0.15, -0.1) is 0 Å². The van der Waals surface area contributed by atoms with Gasteiger partial charge in [-0.05, 0) is 46.3 Å². The van der Waals surface area contributed by atoms with Crippen LogP contribution in [-0.2, 0) is 0 Å². The standard InChI is InChI=1S/C13H8BrFN2O3/c14-9-3-2-8(5-10(9)15)17-12(18)7-1-4-11(13(19)20)16-6-7/h1-6H,(H,17,18)(H,19,20). The summed E-state index contributed by atoms with van der Waals surface area (Å²) in [4.78, 5) is 26.1. The number of amides is 1. The van der Waals surface area contributed by atoms with E-state index < -0.39 is 17.7 Å². The van der Waals surface area contributed by atoms with Gasteiger partial charge in [-0.3, -0.25) is 4.79 Å². The third kappa shape index (κ3) is 3.18. The Labute approximate surface area is 121 Å². The Balaban J connectivity index is 2.15. The first-order valence-corrected chi connectivity index (χ1v) is 6.22. The number of rotatable bonds is 3. The van der Waals surface area contributed by atoms with Gasteiger partial charge in [0, 0.05) is 11.9 Å². The van der Waals surface area contributed by atoms with Gasteiger partial charge in [0.25, 0.3) is 5.91 Å². The minimum absolute atomic E-state index is 0.156. The highest BCUT2D eigenvalue weighted by Gasteiger charge is 2.10. The van der Waals surface area contributed by atoms with Crippen molar-refractivity contribution in [1.82, 2.24) is 4.98 Å². The Bertz CT molecular complexity index is 674. The number of aromatic nitrogens is 1. The molecule has 2 rings (SSSR count). The molecule has 0 atom stereocenters. The average Bonchev–Trinajstić information content (AvgIpc) is 2.43. The molecular weight excluding hydrogens is 331 g/mol.